The summed E-state index contributed by atoms with van der Waals surface area (Å²) in [5.41, 5.74) is -0.302. The van der Waals surface area contributed by atoms with Gasteiger partial charge in [-0.05, 0) is 94.2 Å². The minimum absolute atomic E-state index is 0.0919. The van der Waals surface area contributed by atoms with Gasteiger partial charge in [-0.1, -0.05) is 26.0 Å². The predicted molar refractivity (Wildman–Crippen MR) is 172 cm³/mol. The molecule has 3 saturated carbocycles. The van der Waals surface area contributed by atoms with Crippen LogP contribution in [0.25, 0.3) is 0 Å². The number of hydrogen-bond donors (Lipinski definition) is 1. The highest BCUT2D eigenvalue weighted by Gasteiger charge is 2.68. The number of halogens is 3. The van der Waals surface area contributed by atoms with E-state index in [4.69, 9.17) is 14.0 Å². The van der Waals surface area contributed by atoms with Crippen molar-refractivity contribution in [3.05, 3.63) is 35.6 Å². The molecular weight excluding hydrogens is 624 g/mol. The quantitative estimate of drug-likeness (QED) is 0.352. The van der Waals surface area contributed by atoms with E-state index in [9.17, 15) is 28.0 Å². The van der Waals surface area contributed by atoms with Gasteiger partial charge in [-0.2, -0.15) is 5.26 Å². The third-order valence-electron chi connectivity index (χ3n) is 12.1. The summed E-state index contributed by atoms with van der Waals surface area (Å²) in [6.07, 6.45) is 1.94. The molecule has 48 heavy (non-hydrogen) atoms. The van der Waals surface area contributed by atoms with Gasteiger partial charge in [0.15, 0.2) is 0 Å². The molecular formula is C35H48BF3N4O5. The second-order valence-corrected chi connectivity index (χ2v) is 16.1. The maximum absolute atomic E-state index is 13.9. The van der Waals surface area contributed by atoms with E-state index in [1.54, 1.807) is 35.8 Å². The van der Waals surface area contributed by atoms with Gasteiger partial charge in [0.25, 0.3) is 5.92 Å². The van der Waals surface area contributed by atoms with Crippen LogP contribution in [0.15, 0.2) is 24.3 Å². The van der Waals surface area contributed by atoms with E-state index in [2.05, 4.69) is 32.2 Å². The molecule has 2 amide bonds. The molecule has 1 unspecified atom stereocenters. The highest BCUT2D eigenvalue weighted by molar-refractivity contribution is 6.47. The first kappa shape index (κ1) is 35.0. The van der Waals surface area contributed by atoms with Gasteiger partial charge >= 0.3 is 13.2 Å². The lowest BCUT2D eigenvalue weighted by molar-refractivity contribution is -0.199. The number of benzene rings is 1. The van der Waals surface area contributed by atoms with Crippen molar-refractivity contribution < 1.29 is 36.8 Å². The van der Waals surface area contributed by atoms with E-state index in [-0.39, 0.29) is 55.7 Å². The smallest absolute Gasteiger partial charge is 0.444 e. The second-order valence-electron chi connectivity index (χ2n) is 16.1. The lowest BCUT2D eigenvalue weighted by Crippen LogP contribution is -2.65. The number of amides is 2. The van der Waals surface area contributed by atoms with Crippen molar-refractivity contribution in [3.63, 3.8) is 0 Å². The Morgan fingerprint density at radius 2 is 1.92 bits per heavy atom. The van der Waals surface area contributed by atoms with Crippen LogP contribution in [0, 0.1) is 40.3 Å². The van der Waals surface area contributed by atoms with E-state index in [0.29, 0.717) is 37.6 Å². The number of alkyl halides is 2. The number of rotatable bonds is 9. The Bertz CT molecular complexity index is 1420. The van der Waals surface area contributed by atoms with Gasteiger partial charge < -0.3 is 24.3 Å². The molecule has 1 N–H and O–H groups in total. The fraction of sp³-hybridized carbons (Fsp3) is 0.743. The van der Waals surface area contributed by atoms with Crippen molar-refractivity contribution in [3.8, 4) is 6.07 Å². The Morgan fingerprint density at radius 3 is 2.56 bits per heavy atom. The van der Waals surface area contributed by atoms with Crippen molar-refractivity contribution in [1.82, 2.24) is 15.1 Å². The summed E-state index contributed by atoms with van der Waals surface area (Å²) < 4.78 is 60.5. The zero-order valence-corrected chi connectivity index (χ0v) is 28.6. The predicted octanol–water partition coefficient (Wildman–Crippen LogP) is 5.37. The average Bonchev–Trinajstić information content (AvgIpc) is 3.59. The number of likely N-dealkylation sites (tertiary alicyclic amines) is 2. The number of alkyl carbamates (subject to hydrolysis) is 1. The Morgan fingerprint density at radius 1 is 1.19 bits per heavy atom. The monoisotopic (exact) mass is 672 g/mol. The van der Waals surface area contributed by atoms with E-state index in [1.165, 1.54) is 12.1 Å². The van der Waals surface area contributed by atoms with E-state index < -0.39 is 48.2 Å². The third kappa shape index (κ3) is 6.82. The van der Waals surface area contributed by atoms with Crippen LogP contribution in [0.3, 0.4) is 0 Å². The fourth-order valence-electron chi connectivity index (χ4n) is 9.02. The molecule has 6 fully saturated rings. The Kier molecular flexibility index (Phi) is 9.35. The zero-order valence-electron chi connectivity index (χ0n) is 28.6. The van der Waals surface area contributed by atoms with Crippen LogP contribution in [0.5, 0.6) is 0 Å². The summed E-state index contributed by atoms with van der Waals surface area (Å²) in [5.74, 6) is -4.25. The van der Waals surface area contributed by atoms with Gasteiger partial charge in [0, 0.05) is 25.0 Å². The fourth-order valence-corrected chi connectivity index (χ4v) is 9.02. The van der Waals surface area contributed by atoms with Crippen molar-refractivity contribution in [2.45, 2.75) is 115 Å². The lowest BCUT2D eigenvalue weighted by atomic mass is 9.43. The summed E-state index contributed by atoms with van der Waals surface area (Å²) in [6, 6.07) is 8.20. The molecule has 0 spiro atoms. The van der Waals surface area contributed by atoms with Crippen LogP contribution < -0.4 is 5.32 Å². The Labute approximate surface area is 282 Å². The minimum atomic E-state index is -2.77. The number of ether oxygens (including phenoxy) is 1. The molecule has 2 bridgehead atoms. The molecule has 0 aromatic heterocycles. The summed E-state index contributed by atoms with van der Waals surface area (Å²) in [6.45, 7) is 10.6. The summed E-state index contributed by atoms with van der Waals surface area (Å²) in [7, 11) is -0.729. The van der Waals surface area contributed by atoms with Gasteiger partial charge in [-0.25, -0.2) is 18.0 Å². The molecule has 262 valence electrons. The van der Waals surface area contributed by atoms with Gasteiger partial charge in [0.05, 0.1) is 36.8 Å². The Balaban J connectivity index is 1.09. The molecule has 1 aromatic carbocycles. The summed E-state index contributed by atoms with van der Waals surface area (Å²) in [5, 5.41) is 12.9. The molecule has 3 saturated heterocycles. The van der Waals surface area contributed by atoms with Crippen molar-refractivity contribution >= 4 is 19.1 Å². The summed E-state index contributed by atoms with van der Waals surface area (Å²) in [4.78, 5) is 30.1. The third-order valence-corrected chi connectivity index (χ3v) is 12.1. The standard InChI is InChI=1S/C35H48BF3N4O5/c1-32(2,43-14-12-35(38,39)21-43)18-23(19-40)30(44)42-13-6-7-26(20-42)46-31(45)41-29(15-22-8-10-25(37)11-9-22)36-47-28-17-24-16-27(33(24,3)4)34(28,5)48-36/h8-11,23-24,26-29H,6-7,12-18,20-21H2,1-5H3,(H,41,45)/t23?,24-,26-,27-,28+,29-,34-/m0/s1. The number of carbonyl (C=O) groups is 2. The first-order chi connectivity index (χ1) is 22.5. The number of carbonyl (C=O) groups excluding carboxylic acids is 2. The van der Waals surface area contributed by atoms with Crippen LogP contribution in [-0.2, 0) is 25.3 Å². The molecule has 3 aliphatic heterocycles. The minimum Gasteiger partial charge on any atom is -0.444 e. The van der Waals surface area contributed by atoms with Gasteiger partial charge in [-0.15, -0.1) is 0 Å². The molecule has 7 rings (SSSR count). The SMILES string of the molecule is CC1(C)[C@@H]2C[C@H]3OB([C@H](Cc4ccc(F)cc4)NC(=O)O[C@H]4CCCN(C(=O)C(C#N)CC(C)(C)N5CCC(F)(F)C5)C4)O[C@@]3(C)[C@H]1C2. The van der Waals surface area contributed by atoms with Crippen LogP contribution in [0.1, 0.15) is 78.7 Å². The van der Waals surface area contributed by atoms with Crippen LogP contribution in [-0.4, -0.2) is 90.3 Å². The molecule has 7 atom stereocenters. The molecule has 0 radical (unpaired) electrons. The molecule has 1 aromatic rings. The second kappa shape index (κ2) is 12.8. The summed E-state index contributed by atoms with van der Waals surface area (Å²) >= 11 is 0. The van der Waals surface area contributed by atoms with Crippen LogP contribution in [0.2, 0.25) is 0 Å². The number of hydrogen-bond acceptors (Lipinski definition) is 7. The molecule has 3 aliphatic carbocycles. The average molecular weight is 673 g/mol. The first-order valence-corrected chi connectivity index (χ1v) is 17.4. The van der Waals surface area contributed by atoms with E-state index >= 15 is 0 Å². The van der Waals surface area contributed by atoms with Crippen molar-refractivity contribution in [2.24, 2.45) is 23.2 Å². The Hall–Kier alpha value is -2.82. The molecule has 9 nitrogen and oxygen atoms in total. The maximum atomic E-state index is 13.9. The highest BCUT2D eigenvalue weighted by atomic mass is 19.3. The lowest BCUT2D eigenvalue weighted by Gasteiger charge is -2.64. The van der Waals surface area contributed by atoms with E-state index in [1.807, 2.05) is 0 Å². The van der Waals surface area contributed by atoms with Crippen LogP contribution >= 0.6 is 0 Å². The zero-order chi connectivity index (χ0) is 34.6. The normalized spacial score (nSPS) is 32.1. The van der Waals surface area contributed by atoms with Crippen molar-refractivity contribution in [1.29, 1.82) is 5.26 Å². The van der Waals surface area contributed by atoms with Gasteiger partial charge in [0.2, 0.25) is 5.91 Å². The molecule has 3 heterocycles. The largest absolute Gasteiger partial charge is 0.482 e. The van der Waals surface area contributed by atoms with Crippen molar-refractivity contribution in [2.75, 3.05) is 26.2 Å². The van der Waals surface area contributed by atoms with E-state index in [0.717, 1.165) is 18.4 Å². The molecule has 6 aliphatic rings. The number of nitrogens with one attached hydrogen (secondary N) is 1. The van der Waals surface area contributed by atoms with Gasteiger partial charge in [0.1, 0.15) is 17.8 Å². The van der Waals surface area contributed by atoms with Crippen LogP contribution in [0.4, 0.5) is 18.0 Å². The maximum Gasteiger partial charge on any atom is 0.482 e. The topological polar surface area (TPSA) is 104 Å². The first-order valence-electron chi connectivity index (χ1n) is 17.4. The highest BCUT2D eigenvalue weighted by Crippen LogP contribution is 2.65. The number of nitriles is 1. The van der Waals surface area contributed by atoms with Gasteiger partial charge in [-0.3, -0.25) is 9.69 Å². The molecule has 13 heteroatoms. The number of piperidine rings is 1. The number of nitrogens with zero attached hydrogens (tertiary/aromatic N) is 3.